The van der Waals surface area contributed by atoms with Crippen LogP contribution in [0.25, 0.3) is 10.9 Å². The van der Waals surface area contributed by atoms with Gasteiger partial charge in [0.25, 0.3) is 5.56 Å². The van der Waals surface area contributed by atoms with Gasteiger partial charge in [-0.2, -0.15) is 0 Å². The van der Waals surface area contributed by atoms with Crippen LogP contribution in [0.3, 0.4) is 0 Å². The summed E-state index contributed by atoms with van der Waals surface area (Å²) >= 11 is 1.52. The van der Waals surface area contributed by atoms with E-state index in [1.54, 1.807) is 12.1 Å². The molecule has 0 aliphatic heterocycles. The van der Waals surface area contributed by atoms with Gasteiger partial charge in [-0.1, -0.05) is 30.3 Å². The van der Waals surface area contributed by atoms with Crippen LogP contribution >= 0.6 is 11.3 Å². The topological polar surface area (TPSA) is 65.2 Å². The SMILES string of the molecule is Cc1ccc(C)c2[nH]c(=O)c(CN(Cc3cccs3)C(=O)Nc3ccccc3F)cc12. The number of nitrogens with one attached hydrogen (secondary N) is 2. The van der Waals surface area contributed by atoms with Gasteiger partial charge in [0.1, 0.15) is 5.82 Å². The first-order valence-electron chi connectivity index (χ1n) is 9.87. The zero-order valence-corrected chi connectivity index (χ0v) is 18.1. The quantitative estimate of drug-likeness (QED) is 0.430. The van der Waals surface area contributed by atoms with E-state index in [-0.39, 0.29) is 17.8 Å². The van der Waals surface area contributed by atoms with E-state index in [0.29, 0.717) is 12.1 Å². The first kappa shape index (κ1) is 20.8. The monoisotopic (exact) mass is 435 g/mol. The van der Waals surface area contributed by atoms with Gasteiger partial charge in [-0.25, -0.2) is 9.18 Å². The van der Waals surface area contributed by atoms with E-state index in [4.69, 9.17) is 0 Å². The van der Waals surface area contributed by atoms with Gasteiger partial charge in [0.15, 0.2) is 0 Å². The number of nitrogens with zero attached hydrogens (tertiary/aromatic N) is 1. The standard InChI is InChI=1S/C24H22FN3O2S/c1-15-9-10-16(2)22-19(15)12-17(23(29)27-22)13-28(14-18-6-5-11-31-18)24(30)26-21-8-4-3-7-20(21)25/h3-12H,13-14H2,1-2H3,(H,26,30)(H,27,29). The van der Waals surface area contributed by atoms with Crippen molar-refractivity contribution in [3.05, 3.63) is 97.7 Å². The number of thiophene rings is 1. The van der Waals surface area contributed by atoms with Crippen molar-refractivity contribution in [2.75, 3.05) is 5.32 Å². The van der Waals surface area contributed by atoms with Crippen molar-refractivity contribution < 1.29 is 9.18 Å². The van der Waals surface area contributed by atoms with E-state index in [2.05, 4.69) is 10.3 Å². The molecule has 0 saturated carbocycles. The molecular weight excluding hydrogens is 413 g/mol. The second kappa shape index (κ2) is 8.73. The number of pyridine rings is 1. The van der Waals surface area contributed by atoms with Crippen LogP contribution in [0.5, 0.6) is 0 Å². The summed E-state index contributed by atoms with van der Waals surface area (Å²) < 4.78 is 14.1. The minimum Gasteiger partial charge on any atom is -0.321 e. The molecule has 0 atom stereocenters. The summed E-state index contributed by atoms with van der Waals surface area (Å²) in [4.78, 5) is 31.3. The molecule has 0 aliphatic carbocycles. The molecule has 0 fully saturated rings. The maximum absolute atomic E-state index is 14.1. The molecule has 31 heavy (non-hydrogen) atoms. The van der Waals surface area contributed by atoms with E-state index >= 15 is 0 Å². The van der Waals surface area contributed by atoms with E-state index < -0.39 is 11.8 Å². The molecule has 2 amide bonds. The molecule has 5 nitrogen and oxygen atoms in total. The molecule has 0 unspecified atom stereocenters. The molecule has 2 aromatic heterocycles. The predicted molar refractivity (Wildman–Crippen MR) is 123 cm³/mol. The second-order valence-corrected chi connectivity index (χ2v) is 8.49. The van der Waals surface area contributed by atoms with Crippen molar-refractivity contribution in [3.63, 3.8) is 0 Å². The lowest BCUT2D eigenvalue weighted by molar-refractivity contribution is 0.206. The van der Waals surface area contributed by atoms with Crippen LogP contribution < -0.4 is 10.9 Å². The number of aryl methyl sites for hydroxylation is 2. The summed E-state index contributed by atoms with van der Waals surface area (Å²) in [5, 5.41) is 5.50. The number of hydrogen-bond donors (Lipinski definition) is 2. The molecule has 2 heterocycles. The number of benzene rings is 2. The minimum atomic E-state index is -0.512. The normalized spacial score (nSPS) is 10.9. The van der Waals surface area contributed by atoms with E-state index in [0.717, 1.165) is 26.9 Å². The average Bonchev–Trinajstić information content (AvgIpc) is 3.26. The zero-order valence-electron chi connectivity index (χ0n) is 17.2. The second-order valence-electron chi connectivity index (χ2n) is 7.46. The number of rotatable bonds is 5. The Morgan fingerprint density at radius 3 is 2.58 bits per heavy atom. The van der Waals surface area contributed by atoms with Crippen molar-refractivity contribution in [1.82, 2.24) is 9.88 Å². The van der Waals surface area contributed by atoms with Gasteiger partial charge < -0.3 is 15.2 Å². The third-order valence-electron chi connectivity index (χ3n) is 5.21. The Morgan fingerprint density at radius 1 is 1.06 bits per heavy atom. The van der Waals surface area contributed by atoms with Gasteiger partial charge in [0.05, 0.1) is 24.3 Å². The number of aromatic nitrogens is 1. The van der Waals surface area contributed by atoms with Crippen LogP contribution in [0, 0.1) is 19.7 Å². The van der Waals surface area contributed by atoms with Crippen molar-refractivity contribution in [1.29, 1.82) is 0 Å². The minimum absolute atomic E-state index is 0.0941. The lowest BCUT2D eigenvalue weighted by Gasteiger charge is -2.23. The van der Waals surface area contributed by atoms with Crippen LogP contribution in [-0.4, -0.2) is 15.9 Å². The lowest BCUT2D eigenvalue weighted by Crippen LogP contribution is -2.35. The molecule has 0 saturated heterocycles. The Bertz CT molecular complexity index is 1300. The van der Waals surface area contributed by atoms with Gasteiger partial charge in [-0.05, 0) is 54.6 Å². The first-order valence-corrected chi connectivity index (χ1v) is 10.8. The highest BCUT2D eigenvalue weighted by Crippen LogP contribution is 2.22. The molecule has 4 aromatic rings. The van der Waals surface area contributed by atoms with Crippen LogP contribution in [0.2, 0.25) is 0 Å². The molecule has 0 aliphatic rings. The fraction of sp³-hybridized carbons (Fsp3) is 0.167. The van der Waals surface area contributed by atoms with Crippen molar-refractivity contribution in [3.8, 4) is 0 Å². The smallest absolute Gasteiger partial charge is 0.321 e. The number of hydrogen-bond acceptors (Lipinski definition) is 3. The largest absolute Gasteiger partial charge is 0.322 e. The van der Waals surface area contributed by atoms with Gasteiger partial charge in [0.2, 0.25) is 0 Å². The highest BCUT2D eigenvalue weighted by atomic mass is 32.1. The summed E-state index contributed by atoms with van der Waals surface area (Å²) in [6.07, 6.45) is 0. The maximum Gasteiger partial charge on any atom is 0.322 e. The Morgan fingerprint density at radius 2 is 1.84 bits per heavy atom. The molecule has 2 aromatic carbocycles. The number of aromatic amines is 1. The highest BCUT2D eigenvalue weighted by Gasteiger charge is 2.19. The van der Waals surface area contributed by atoms with Crippen molar-refractivity contribution in [2.24, 2.45) is 0 Å². The highest BCUT2D eigenvalue weighted by molar-refractivity contribution is 7.09. The van der Waals surface area contributed by atoms with Gasteiger partial charge >= 0.3 is 6.03 Å². The Hall–Kier alpha value is -3.45. The van der Waals surface area contributed by atoms with Gasteiger partial charge in [-0.15, -0.1) is 11.3 Å². The third kappa shape index (κ3) is 4.51. The third-order valence-corrected chi connectivity index (χ3v) is 6.07. The number of carbonyl (C=O) groups is 1. The molecule has 158 valence electrons. The summed E-state index contributed by atoms with van der Waals surface area (Å²) in [5.41, 5.74) is 3.16. The first-order chi connectivity index (χ1) is 14.9. The van der Waals surface area contributed by atoms with Crippen LogP contribution in [0.15, 0.2) is 64.8 Å². The number of urea groups is 1. The molecule has 7 heteroatoms. The fourth-order valence-electron chi connectivity index (χ4n) is 3.49. The average molecular weight is 436 g/mol. The zero-order chi connectivity index (χ0) is 22.0. The van der Waals surface area contributed by atoms with Crippen molar-refractivity contribution >= 4 is 34.0 Å². The lowest BCUT2D eigenvalue weighted by atomic mass is 10.0. The molecule has 2 N–H and O–H groups in total. The number of fused-ring (bicyclic) bond motifs is 1. The summed E-state index contributed by atoms with van der Waals surface area (Å²) in [7, 11) is 0. The fourth-order valence-corrected chi connectivity index (χ4v) is 4.21. The number of amides is 2. The maximum atomic E-state index is 14.1. The number of halogens is 1. The van der Waals surface area contributed by atoms with E-state index in [1.165, 1.54) is 28.4 Å². The van der Waals surface area contributed by atoms with Gasteiger partial charge in [-0.3, -0.25) is 4.79 Å². The number of anilines is 1. The molecule has 0 radical (unpaired) electrons. The number of carbonyl (C=O) groups excluding carboxylic acids is 1. The Labute approximate surface area is 183 Å². The van der Waals surface area contributed by atoms with E-state index in [9.17, 15) is 14.0 Å². The molecule has 0 spiro atoms. The van der Waals surface area contributed by atoms with Crippen molar-refractivity contribution in [2.45, 2.75) is 26.9 Å². The summed E-state index contributed by atoms with van der Waals surface area (Å²) in [6.45, 7) is 4.33. The molecular formula is C24H22FN3O2S. The number of H-pyrrole nitrogens is 1. The van der Waals surface area contributed by atoms with E-state index in [1.807, 2.05) is 49.6 Å². The summed E-state index contributed by atoms with van der Waals surface area (Å²) in [6, 6.07) is 15.2. The number of para-hydroxylation sites is 1. The predicted octanol–water partition coefficient (Wildman–Crippen LogP) is 5.58. The Balaban J connectivity index is 1.68. The summed E-state index contributed by atoms with van der Waals surface area (Å²) in [5.74, 6) is -0.512. The van der Waals surface area contributed by atoms with Crippen LogP contribution in [0.4, 0.5) is 14.9 Å². The molecule has 0 bridgehead atoms. The van der Waals surface area contributed by atoms with Crippen LogP contribution in [0.1, 0.15) is 21.6 Å². The van der Waals surface area contributed by atoms with Gasteiger partial charge in [0, 0.05) is 15.8 Å². The Kier molecular flexibility index (Phi) is 5.86. The van der Waals surface area contributed by atoms with Crippen LogP contribution in [-0.2, 0) is 13.1 Å². The molecule has 4 rings (SSSR count).